The van der Waals surface area contributed by atoms with Gasteiger partial charge in [0.15, 0.2) is 12.1 Å². The molecule has 1 N–H and O–H groups in total. The lowest BCUT2D eigenvalue weighted by Crippen LogP contribution is -2.59. The zero-order valence-corrected chi connectivity index (χ0v) is 29.0. The molecule has 43 heavy (non-hydrogen) atoms. The lowest BCUT2D eigenvalue weighted by atomic mass is 9.74. The molecule has 10 nitrogen and oxygen atoms in total. The Morgan fingerprint density at radius 1 is 1.02 bits per heavy atom. The molecule has 1 unspecified atom stereocenters. The van der Waals surface area contributed by atoms with E-state index in [4.69, 9.17) is 18.9 Å². The number of hydrogen-bond donors (Lipinski definition) is 1. The largest absolute Gasteiger partial charge is 0.463 e. The van der Waals surface area contributed by atoms with Gasteiger partial charge in [0.2, 0.25) is 0 Å². The summed E-state index contributed by atoms with van der Waals surface area (Å²) in [6.07, 6.45) is 1.71. The van der Waals surface area contributed by atoms with Crippen molar-refractivity contribution in [3.8, 4) is 0 Å². The van der Waals surface area contributed by atoms with Gasteiger partial charge in [-0.15, -0.1) is 0 Å². The van der Waals surface area contributed by atoms with Crippen LogP contribution in [0, 0.1) is 23.2 Å². The molecule has 3 fully saturated rings. The summed E-state index contributed by atoms with van der Waals surface area (Å²) in [7, 11) is 11.9. The summed E-state index contributed by atoms with van der Waals surface area (Å²) in [4.78, 5) is 34.3. The van der Waals surface area contributed by atoms with Crippen LogP contribution in [0.1, 0.15) is 73.6 Å². The van der Waals surface area contributed by atoms with Crippen molar-refractivity contribution in [3.63, 3.8) is 0 Å². The summed E-state index contributed by atoms with van der Waals surface area (Å²) >= 11 is 0. The van der Waals surface area contributed by atoms with Crippen molar-refractivity contribution in [1.82, 2.24) is 14.7 Å². The minimum absolute atomic E-state index is 0.0553. The molecule has 0 aromatic rings. The first-order valence-electron chi connectivity index (χ1n) is 16.2. The van der Waals surface area contributed by atoms with E-state index in [1.807, 2.05) is 32.8 Å². The number of nitrogens with zero attached hydrogens (tertiary/aromatic N) is 3. The van der Waals surface area contributed by atoms with Crippen LogP contribution in [-0.4, -0.2) is 135 Å². The van der Waals surface area contributed by atoms with Crippen molar-refractivity contribution in [2.45, 2.75) is 122 Å². The summed E-state index contributed by atoms with van der Waals surface area (Å²) in [6, 6.07) is 0.495. The quantitative estimate of drug-likeness (QED) is 0.342. The molecule has 0 aromatic heterocycles. The van der Waals surface area contributed by atoms with Crippen LogP contribution in [0.2, 0.25) is 0 Å². The first-order chi connectivity index (χ1) is 19.9. The number of ether oxygens (including phenoxy) is 4. The first kappa shape index (κ1) is 36.3. The van der Waals surface area contributed by atoms with Crippen molar-refractivity contribution in [1.29, 1.82) is 0 Å². The Kier molecular flexibility index (Phi) is 12.3. The number of rotatable bonds is 7. The number of aliphatic hydroxyl groups excluding tert-OH is 1. The zero-order chi connectivity index (χ0) is 32.4. The van der Waals surface area contributed by atoms with Gasteiger partial charge in [-0.25, -0.2) is 0 Å². The number of ketones is 1. The second-order valence-corrected chi connectivity index (χ2v) is 15.1. The summed E-state index contributed by atoms with van der Waals surface area (Å²) in [6.45, 7) is 12.2. The van der Waals surface area contributed by atoms with Crippen molar-refractivity contribution < 1.29 is 33.6 Å². The average molecular weight is 612 g/mol. The lowest BCUT2D eigenvalue weighted by molar-refractivity contribution is -0.295. The Morgan fingerprint density at radius 2 is 1.65 bits per heavy atom. The molecule has 2 saturated heterocycles. The zero-order valence-electron chi connectivity index (χ0n) is 29.0. The number of cyclic esters (lactones) is 1. The summed E-state index contributed by atoms with van der Waals surface area (Å²) in [5.41, 5.74) is -2.29. The monoisotopic (exact) mass is 611 g/mol. The van der Waals surface area contributed by atoms with Gasteiger partial charge in [0, 0.05) is 37.7 Å². The molecule has 3 rings (SSSR count). The molecule has 0 radical (unpaired) electrons. The predicted octanol–water partition coefficient (Wildman–Crippen LogP) is 3.05. The van der Waals surface area contributed by atoms with Crippen molar-refractivity contribution in [2.75, 3.05) is 55.5 Å². The topological polar surface area (TPSA) is 101 Å². The molecule has 2 aliphatic heterocycles. The molecular formula is C33H61N3O7. The Labute approximate surface area is 260 Å². The third-order valence-electron chi connectivity index (χ3n) is 10.5. The van der Waals surface area contributed by atoms with Crippen LogP contribution in [0.3, 0.4) is 0 Å². The number of Topliss-reactive ketones (excluding diaryl/α,β-unsaturated/α-hetero) is 1. The van der Waals surface area contributed by atoms with Crippen molar-refractivity contribution in [3.05, 3.63) is 0 Å². The molecule has 0 amide bonds. The first-order valence-corrected chi connectivity index (χ1v) is 16.2. The van der Waals surface area contributed by atoms with Gasteiger partial charge < -0.3 is 33.9 Å². The molecule has 10 heteroatoms. The van der Waals surface area contributed by atoms with Crippen molar-refractivity contribution >= 4 is 11.8 Å². The normalized spacial score (nSPS) is 42.1. The van der Waals surface area contributed by atoms with Crippen LogP contribution in [0.4, 0.5) is 0 Å². The summed E-state index contributed by atoms with van der Waals surface area (Å²) < 4.78 is 24.9. The molecule has 0 spiro atoms. The number of carbonyl (C=O) groups excluding carboxylic acids is 2. The van der Waals surface area contributed by atoms with E-state index in [9.17, 15) is 14.7 Å². The fourth-order valence-electron chi connectivity index (χ4n) is 7.54. The molecule has 2 heterocycles. The van der Waals surface area contributed by atoms with Crippen LogP contribution >= 0.6 is 0 Å². The van der Waals surface area contributed by atoms with Crippen LogP contribution in [0.15, 0.2) is 0 Å². The molecule has 3 aliphatic rings. The van der Waals surface area contributed by atoms with Gasteiger partial charge in [-0.05, 0) is 107 Å². The second kappa shape index (κ2) is 14.5. The van der Waals surface area contributed by atoms with E-state index in [1.165, 1.54) is 0 Å². The fourth-order valence-corrected chi connectivity index (χ4v) is 7.54. The Hall–Kier alpha value is -1.14. The molecule has 250 valence electrons. The van der Waals surface area contributed by atoms with E-state index in [0.717, 1.165) is 25.8 Å². The molecule has 0 aromatic carbocycles. The van der Waals surface area contributed by atoms with Gasteiger partial charge in [-0.3, -0.25) is 14.5 Å². The lowest BCUT2D eigenvalue weighted by Gasteiger charge is -2.47. The Bertz CT molecular complexity index is 939. The molecule has 1 saturated carbocycles. The number of likely N-dealkylation sites (N-methyl/N-ethyl adjacent to an activating group) is 2. The van der Waals surface area contributed by atoms with Gasteiger partial charge in [0.25, 0.3) is 0 Å². The van der Waals surface area contributed by atoms with E-state index in [-0.39, 0.29) is 36.5 Å². The maximum Gasteiger partial charge on any atom is 0.319 e. The highest BCUT2D eigenvalue weighted by molar-refractivity contribution is 6.04. The third-order valence-corrected chi connectivity index (χ3v) is 10.5. The van der Waals surface area contributed by atoms with E-state index in [0.29, 0.717) is 24.8 Å². The highest BCUT2D eigenvalue weighted by Gasteiger charge is 2.51. The highest BCUT2D eigenvalue weighted by atomic mass is 16.7. The van der Waals surface area contributed by atoms with Gasteiger partial charge in [0.1, 0.15) is 18.1 Å². The molecular weight excluding hydrogens is 550 g/mol. The van der Waals surface area contributed by atoms with E-state index < -0.39 is 41.4 Å². The van der Waals surface area contributed by atoms with Crippen LogP contribution in [0.25, 0.3) is 0 Å². The van der Waals surface area contributed by atoms with E-state index in [1.54, 1.807) is 27.9 Å². The number of hydrogen-bond acceptors (Lipinski definition) is 10. The second-order valence-electron chi connectivity index (χ2n) is 15.1. The van der Waals surface area contributed by atoms with Crippen LogP contribution in [0.5, 0.6) is 0 Å². The minimum atomic E-state index is -1.39. The Balaban J connectivity index is 1.93. The fraction of sp³-hybridized carbons (Fsp3) is 0.939. The standard InChI is InChI=1S/C33H61N3O7/c1-20-17-33(6,40-12)29(43-30-27(37)26(35(9)10)13-21(2)42-30)22(3)28(38)32(4,5)31(39)41-19-25(36(11)18-20)16-23-14-24(15-23)34(7)8/h20-27,29-30,37H,13-19H2,1-12H3/t20-,21-,22+,23?,24?,25-,26?,27-,29-,30+,33-/m1/s1. The molecule has 0 bridgehead atoms. The maximum atomic E-state index is 14.2. The number of esters is 1. The highest BCUT2D eigenvalue weighted by Crippen LogP contribution is 2.39. The Morgan fingerprint density at radius 3 is 2.21 bits per heavy atom. The molecule has 9 atom stereocenters. The minimum Gasteiger partial charge on any atom is -0.463 e. The predicted molar refractivity (Wildman–Crippen MR) is 167 cm³/mol. The molecule has 1 aliphatic carbocycles. The van der Waals surface area contributed by atoms with E-state index in [2.05, 4.69) is 37.9 Å². The van der Waals surface area contributed by atoms with Gasteiger partial charge >= 0.3 is 5.97 Å². The van der Waals surface area contributed by atoms with E-state index >= 15 is 0 Å². The number of methoxy groups -OCH3 is 1. The average Bonchev–Trinajstić information content (AvgIpc) is 2.89. The number of aliphatic hydroxyl groups is 1. The maximum absolute atomic E-state index is 14.2. The van der Waals surface area contributed by atoms with Gasteiger partial charge in [0.05, 0.1) is 17.8 Å². The summed E-state index contributed by atoms with van der Waals surface area (Å²) in [5, 5.41) is 11.3. The smallest absolute Gasteiger partial charge is 0.319 e. The van der Waals surface area contributed by atoms with Crippen LogP contribution in [-0.2, 0) is 28.5 Å². The third kappa shape index (κ3) is 8.37. The SMILES string of the molecule is CO[C@]1(C)C[C@@H](C)CN(C)[C@H](CC2CC(N(C)C)C2)COC(=O)C(C)(C)C(=O)[C@H](C)[C@H]1O[C@@H]1O[C@H](C)CC(N(C)C)[C@H]1O. The van der Waals surface area contributed by atoms with Gasteiger partial charge in [-0.2, -0.15) is 0 Å². The number of carbonyl (C=O) groups is 2. The van der Waals surface area contributed by atoms with Crippen molar-refractivity contribution in [2.24, 2.45) is 23.2 Å². The summed E-state index contributed by atoms with van der Waals surface area (Å²) in [5.74, 6) is -0.785. The van der Waals surface area contributed by atoms with Crippen LogP contribution < -0.4 is 0 Å². The van der Waals surface area contributed by atoms with Gasteiger partial charge in [-0.1, -0.05) is 13.8 Å².